The van der Waals surface area contributed by atoms with E-state index in [1.165, 1.54) is 21.6 Å². The minimum Gasteiger partial charge on any atom is -0.385 e. The van der Waals surface area contributed by atoms with Gasteiger partial charge in [0.25, 0.3) is 11.5 Å². The molecule has 3 aromatic rings. The van der Waals surface area contributed by atoms with Crippen molar-refractivity contribution in [3.8, 4) is 0 Å². The zero-order valence-corrected chi connectivity index (χ0v) is 18.1. The number of hydrogen-bond donors (Lipinski definition) is 1. The number of aromatic nitrogens is 2. The molecule has 9 heteroatoms. The van der Waals surface area contributed by atoms with Gasteiger partial charge < -0.3 is 14.6 Å². The number of nitrogens with zero attached hydrogens (tertiary/aromatic N) is 2. The van der Waals surface area contributed by atoms with Gasteiger partial charge in [0.05, 0.1) is 10.9 Å². The molecule has 0 atom stereocenters. The SMILES string of the molecule is COCCCn1c(=S)[nH]c2cc(C(=O)N(C)Cc3c(F)cccc3Cl)ccc2c1=O. The number of aromatic amines is 1. The molecule has 0 aliphatic rings. The Kier molecular flexibility index (Phi) is 7.02. The lowest BCUT2D eigenvalue weighted by Crippen LogP contribution is -2.27. The van der Waals surface area contributed by atoms with Crippen LogP contribution in [0.3, 0.4) is 0 Å². The van der Waals surface area contributed by atoms with Gasteiger partial charge in [-0.25, -0.2) is 4.39 Å². The third kappa shape index (κ3) is 4.61. The van der Waals surface area contributed by atoms with Crippen LogP contribution in [0.15, 0.2) is 41.2 Å². The fourth-order valence-electron chi connectivity index (χ4n) is 3.17. The number of benzene rings is 2. The number of H-pyrrole nitrogens is 1. The Balaban J connectivity index is 1.89. The van der Waals surface area contributed by atoms with Crippen LogP contribution in [-0.4, -0.2) is 41.1 Å². The van der Waals surface area contributed by atoms with Crippen LogP contribution >= 0.6 is 23.8 Å². The van der Waals surface area contributed by atoms with Crippen LogP contribution in [0.25, 0.3) is 10.9 Å². The highest BCUT2D eigenvalue weighted by atomic mass is 35.5. The van der Waals surface area contributed by atoms with Gasteiger partial charge in [-0.1, -0.05) is 17.7 Å². The highest BCUT2D eigenvalue weighted by Gasteiger charge is 2.17. The second-order valence-corrected chi connectivity index (χ2v) is 7.65. The third-order valence-electron chi connectivity index (χ3n) is 4.76. The number of amides is 1. The number of halogens is 2. The number of rotatable bonds is 7. The van der Waals surface area contributed by atoms with Crippen molar-refractivity contribution in [1.29, 1.82) is 0 Å². The predicted molar refractivity (Wildman–Crippen MR) is 117 cm³/mol. The Morgan fingerprint density at radius 1 is 1.33 bits per heavy atom. The molecule has 2 aromatic carbocycles. The first kappa shape index (κ1) is 22.1. The normalized spacial score (nSPS) is 11.1. The zero-order valence-electron chi connectivity index (χ0n) is 16.6. The fourth-order valence-corrected chi connectivity index (χ4v) is 3.68. The number of nitrogens with one attached hydrogen (secondary N) is 1. The van der Waals surface area contributed by atoms with Crippen LogP contribution < -0.4 is 5.56 Å². The number of ether oxygens (including phenoxy) is 1. The maximum atomic E-state index is 14.0. The summed E-state index contributed by atoms with van der Waals surface area (Å²) < 4.78 is 20.8. The molecule has 1 N–H and O–H groups in total. The van der Waals surface area contributed by atoms with Gasteiger partial charge in [0.2, 0.25) is 0 Å². The van der Waals surface area contributed by atoms with E-state index >= 15 is 0 Å². The molecule has 0 aliphatic carbocycles. The van der Waals surface area contributed by atoms with Crippen molar-refractivity contribution in [3.63, 3.8) is 0 Å². The molecule has 0 aliphatic heterocycles. The van der Waals surface area contributed by atoms with Gasteiger partial charge >= 0.3 is 0 Å². The Labute approximate surface area is 182 Å². The lowest BCUT2D eigenvalue weighted by molar-refractivity contribution is 0.0784. The predicted octanol–water partition coefficient (Wildman–Crippen LogP) is 4.16. The third-order valence-corrected chi connectivity index (χ3v) is 5.44. The second-order valence-electron chi connectivity index (χ2n) is 6.86. The summed E-state index contributed by atoms with van der Waals surface area (Å²) in [7, 11) is 3.16. The molecular weight excluding hydrogens is 429 g/mol. The molecular formula is C21H21ClFN3O3S. The van der Waals surface area contributed by atoms with E-state index in [-0.39, 0.29) is 33.4 Å². The van der Waals surface area contributed by atoms with Gasteiger partial charge in [0.15, 0.2) is 4.77 Å². The van der Waals surface area contributed by atoms with Crippen LogP contribution in [0.1, 0.15) is 22.3 Å². The fraction of sp³-hybridized carbons (Fsp3) is 0.286. The van der Waals surface area contributed by atoms with Crippen LogP contribution in [-0.2, 0) is 17.8 Å². The first-order chi connectivity index (χ1) is 14.3. The van der Waals surface area contributed by atoms with E-state index in [4.69, 9.17) is 28.6 Å². The van der Waals surface area contributed by atoms with E-state index in [0.29, 0.717) is 36.0 Å². The summed E-state index contributed by atoms with van der Waals surface area (Å²) in [6.45, 7) is 0.968. The summed E-state index contributed by atoms with van der Waals surface area (Å²) in [5.41, 5.74) is 0.834. The van der Waals surface area contributed by atoms with Crippen molar-refractivity contribution in [3.05, 3.63) is 73.5 Å². The molecule has 0 saturated carbocycles. The number of hydrogen-bond acceptors (Lipinski definition) is 4. The maximum Gasteiger partial charge on any atom is 0.262 e. The molecule has 0 bridgehead atoms. The molecule has 0 fully saturated rings. The maximum absolute atomic E-state index is 14.0. The average Bonchev–Trinajstić information content (AvgIpc) is 2.72. The van der Waals surface area contributed by atoms with Gasteiger partial charge in [0.1, 0.15) is 5.82 Å². The molecule has 158 valence electrons. The number of carbonyl (C=O) groups is 1. The summed E-state index contributed by atoms with van der Waals surface area (Å²) in [5, 5.41) is 0.684. The second kappa shape index (κ2) is 9.51. The molecule has 1 aromatic heterocycles. The van der Waals surface area contributed by atoms with Crippen molar-refractivity contribution in [2.75, 3.05) is 20.8 Å². The van der Waals surface area contributed by atoms with Crippen LogP contribution in [0.4, 0.5) is 4.39 Å². The molecule has 0 spiro atoms. The van der Waals surface area contributed by atoms with Crippen molar-refractivity contribution in [1.82, 2.24) is 14.5 Å². The minimum absolute atomic E-state index is 0.0134. The molecule has 6 nitrogen and oxygen atoms in total. The van der Waals surface area contributed by atoms with Gasteiger partial charge in [-0.3, -0.25) is 14.2 Å². The Bertz CT molecular complexity index is 1190. The van der Waals surface area contributed by atoms with E-state index in [1.54, 1.807) is 38.4 Å². The lowest BCUT2D eigenvalue weighted by Gasteiger charge is -2.19. The Morgan fingerprint density at radius 2 is 2.10 bits per heavy atom. The quantitative estimate of drug-likeness (QED) is 0.434. The summed E-state index contributed by atoms with van der Waals surface area (Å²) in [6.07, 6.45) is 0.652. The minimum atomic E-state index is -0.473. The van der Waals surface area contributed by atoms with Gasteiger partial charge in [-0.2, -0.15) is 0 Å². The summed E-state index contributed by atoms with van der Waals surface area (Å²) in [6, 6.07) is 9.12. The standard InChI is InChI=1S/C21H21ClFN3O3S/c1-25(12-15-16(22)5-3-6-17(15)23)19(27)13-7-8-14-18(11-13)24-21(30)26(20(14)28)9-4-10-29-2/h3,5-8,11H,4,9-10,12H2,1-2H3,(H,24,30). The number of methoxy groups -OCH3 is 1. The molecule has 3 rings (SSSR count). The monoisotopic (exact) mass is 449 g/mol. The summed E-state index contributed by atoms with van der Waals surface area (Å²) >= 11 is 11.4. The first-order valence-electron chi connectivity index (χ1n) is 9.27. The highest BCUT2D eigenvalue weighted by Crippen LogP contribution is 2.21. The average molecular weight is 450 g/mol. The van der Waals surface area contributed by atoms with Crippen molar-refractivity contribution in [2.24, 2.45) is 0 Å². The molecule has 30 heavy (non-hydrogen) atoms. The van der Waals surface area contributed by atoms with E-state index in [2.05, 4.69) is 4.98 Å². The van der Waals surface area contributed by atoms with E-state index in [9.17, 15) is 14.0 Å². The molecule has 0 radical (unpaired) electrons. The van der Waals surface area contributed by atoms with Crippen molar-refractivity contribution < 1.29 is 13.9 Å². The van der Waals surface area contributed by atoms with Gasteiger partial charge in [-0.15, -0.1) is 0 Å². The molecule has 0 unspecified atom stereocenters. The zero-order chi connectivity index (χ0) is 21.8. The van der Waals surface area contributed by atoms with Crippen molar-refractivity contribution in [2.45, 2.75) is 19.5 Å². The Hall–Kier alpha value is -2.55. The number of carbonyl (C=O) groups excluding carboxylic acids is 1. The van der Waals surface area contributed by atoms with Crippen LogP contribution in [0.5, 0.6) is 0 Å². The van der Waals surface area contributed by atoms with Gasteiger partial charge in [-0.05, 0) is 49.0 Å². The largest absolute Gasteiger partial charge is 0.385 e. The molecule has 0 saturated heterocycles. The summed E-state index contributed by atoms with van der Waals surface area (Å²) in [5.74, 6) is -0.807. The molecule has 1 amide bonds. The highest BCUT2D eigenvalue weighted by molar-refractivity contribution is 7.71. The first-order valence-corrected chi connectivity index (χ1v) is 10.1. The smallest absolute Gasteiger partial charge is 0.262 e. The number of fused-ring (bicyclic) bond motifs is 1. The topological polar surface area (TPSA) is 67.3 Å². The van der Waals surface area contributed by atoms with Gasteiger partial charge in [0, 0.05) is 50.0 Å². The lowest BCUT2D eigenvalue weighted by atomic mass is 10.1. The van der Waals surface area contributed by atoms with E-state index in [1.807, 2.05) is 0 Å². The molecule has 1 heterocycles. The van der Waals surface area contributed by atoms with Crippen LogP contribution in [0, 0.1) is 10.6 Å². The Morgan fingerprint density at radius 3 is 2.80 bits per heavy atom. The van der Waals surface area contributed by atoms with Crippen LogP contribution in [0.2, 0.25) is 5.02 Å². The van der Waals surface area contributed by atoms with Crippen molar-refractivity contribution >= 4 is 40.6 Å². The summed E-state index contributed by atoms with van der Waals surface area (Å²) in [4.78, 5) is 30.0. The van der Waals surface area contributed by atoms with E-state index < -0.39 is 5.82 Å². The van der Waals surface area contributed by atoms with E-state index in [0.717, 1.165) is 0 Å².